The van der Waals surface area contributed by atoms with Gasteiger partial charge in [0.2, 0.25) is 15.9 Å². The first-order chi connectivity index (χ1) is 9.70. The van der Waals surface area contributed by atoms with Gasteiger partial charge in [0.15, 0.2) is 0 Å². The van der Waals surface area contributed by atoms with E-state index in [2.05, 4.69) is 10.0 Å². The van der Waals surface area contributed by atoms with E-state index in [9.17, 15) is 22.4 Å². The Labute approximate surface area is 120 Å². The fourth-order valence-electron chi connectivity index (χ4n) is 2.03. The van der Waals surface area contributed by atoms with Gasteiger partial charge in [0.05, 0.1) is 10.5 Å². The molecule has 1 atom stereocenters. The van der Waals surface area contributed by atoms with Crippen molar-refractivity contribution >= 4 is 21.9 Å². The Morgan fingerprint density at radius 3 is 2.67 bits per heavy atom. The van der Waals surface area contributed by atoms with Crippen molar-refractivity contribution in [2.75, 3.05) is 6.54 Å². The van der Waals surface area contributed by atoms with Crippen molar-refractivity contribution in [1.29, 1.82) is 0 Å². The molecule has 114 valence electrons. The fraction of sp³-hybridized carbons (Fsp3) is 0.333. The Bertz CT molecular complexity index is 717. The number of hydrogen-bond acceptors (Lipinski definition) is 4. The smallest absolute Gasteiger partial charge is 0.335 e. The second-order valence-electron chi connectivity index (χ2n) is 4.71. The monoisotopic (exact) mass is 316 g/mol. The topological polar surface area (TPSA) is 113 Å². The van der Waals surface area contributed by atoms with Gasteiger partial charge in [-0.3, -0.25) is 4.79 Å². The molecule has 0 saturated carbocycles. The van der Waals surface area contributed by atoms with Crippen LogP contribution in [0.3, 0.4) is 0 Å². The van der Waals surface area contributed by atoms with Crippen molar-refractivity contribution in [3.05, 3.63) is 29.1 Å². The van der Waals surface area contributed by atoms with Crippen molar-refractivity contribution in [2.24, 2.45) is 0 Å². The first kappa shape index (κ1) is 15.4. The van der Waals surface area contributed by atoms with E-state index in [1.165, 1.54) is 6.92 Å². The van der Waals surface area contributed by atoms with Crippen LogP contribution < -0.4 is 10.0 Å². The SMILES string of the molecule is Cc1c(F)cc(C(=O)O)cc1S(=O)(=O)NC1CNC(=O)C1. The molecule has 2 rings (SSSR count). The zero-order chi connectivity index (χ0) is 15.8. The molecule has 0 aromatic heterocycles. The maximum atomic E-state index is 13.7. The third-order valence-corrected chi connectivity index (χ3v) is 4.78. The summed E-state index contributed by atoms with van der Waals surface area (Å²) in [7, 11) is -4.12. The van der Waals surface area contributed by atoms with Gasteiger partial charge in [-0.1, -0.05) is 0 Å². The summed E-state index contributed by atoms with van der Waals surface area (Å²) >= 11 is 0. The first-order valence-electron chi connectivity index (χ1n) is 6.03. The summed E-state index contributed by atoms with van der Waals surface area (Å²) in [5.41, 5.74) is -0.635. The lowest BCUT2D eigenvalue weighted by molar-refractivity contribution is -0.119. The summed E-state index contributed by atoms with van der Waals surface area (Å²) in [6.07, 6.45) is -0.0145. The number of aromatic carboxylic acids is 1. The standard InChI is InChI=1S/C12H13FN2O5S/c1-6-9(13)2-7(12(17)18)3-10(6)21(19,20)15-8-4-11(16)14-5-8/h2-3,8,15H,4-5H2,1H3,(H,14,16)(H,17,18). The lowest BCUT2D eigenvalue weighted by Crippen LogP contribution is -2.36. The third-order valence-electron chi connectivity index (χ3n) is 3.13. The zero-order valence-corrected chi connectivity index (χ0v) is 11.8. The molecule has 1 aliphatic heterocycles. The maximum Gasteiger partial charge on any atom is 0.335 e. The molecule has 9 heteroatoms. The minimum absolute atomic E-state index is 0.0145. The van der Waals surface area contributed by atoms with E-state index in [1.54, 1.807) is 0 Å². The van der Waals surface area contributed by atoms with Gasteiger partial charge in [-0.25, -0.2) is 22.3 Å². The summed E-state index contributed by atoms with van der Waals surface area (Å²) in [5.74, 6) is -2.64. The highest BCUT2D eigenvalue weighted by Gasteiger charge is 2.29. The number of nitrogens with one attached hydrogen (secondary N) is 2. The molecule has 0 bridgehead atoms. The molecule has 1 aromatic rings. The van der Waals surface area contributed by atoms with E-state index >= 15 is 0 Å². The molecule has 1 unspecified atom stereocenters. The highest BCUT2D eigenvalue weighted by Crippen LogP contribution is 2.21. The summed E-state index contributed by atoms with van der Waals surface area (Å²) in [4.78, 5) is 21.5. The Balaban J connectivity index is 2.39. The second kappa shape index (κ2) is 5.41. The van der Waals surface area contributed by atoms with E-state index in [0.29, 0.717) is 0 Å². The molecule has 1 heterocycles. The summed E-state index contributed by atoms with van der Waals surface area (Å²) < 4.78 is 40.4. The molecule has 1 saturated heterocycles. The van der Waals surface area contributed by atoms with Gasteiger partial charge in [0.1, 0.15) is 5.82 Å². The predicted octanol–water partition coefficient (Wildman–Crippen LogP) is -0.000880. The highest BCUT2D eigenvalue weighted by molar-refractivity contribution is 7.89. The number of benzene rings is 1. The Kier molecular flexibility index (Phi) is 3.97. The molecule has 1 amide bonds. The molecular weight excluding hydrogens is 303 g/mol. The van der Waals surface area contributed by atoms with Crippen LogP contribution in [0.5, 0.6) is 0 Å². The van der Waals surface area contributed by atoms with Crippen LogP contribution in [0.2, 0.25) is 0 Å². The number of halogens is 1. The van der Waals surface area contributed by atoms with Gasteiger partial charge >= 0.3 is 5.97 Å². The van der Waals surface area contributed by atoms with E-state index in [1.807, 2.05) is 0 Å². The van der Waals surface area contributed by atoms with Gasteiger partial charge < -0.3 is 10.4 Å². The number of carbonyl (C=O) groups is 2. The Morgan fingerprint density at radius 2 is 2.14 bits per heavy atom. The Morgan fingerprint density at radius 1 is 1.48 bits per heavy atom. The minimum Gasteiger partial charge on any atom is -0.478 e. The first-order valence-corrected chi connectivity index (χ1v) is 7.51. The molecule has 1 fully saturated rings. The molecule has 1 aromatic carbocycles. The van der Waals surface area contributed by atoms with Crippen LogP contribution in [0.15, 0.2) is 17.0 Å². The number of hydrogen-bond donors (Lipinski definition) is 3. The van der Waals surface area contributed by atoms with Gasteiger partial charge in [-0.15, -0.1) is 0 Å². The van der Waals surface area contributed by atoms with E-state index in [-0.39, 0.29) is 24.4 Å². The average molecular weight is 316 g/mol. The number of carboxylic acids is 1. The lowest BCUT2D eigenvalue weighted by atomic mass is 10.1. The van der Waals surface area contributed by atoms with Crippen molar-refractivity contribution in [2.45, 2.75) is 24.3 Å². The molecular formula is C12H13FN2O5S. The average Bonchev–Trinajstić information content (AvgIpc) is 2.76. The number of amides is 1. The van der Waals surface area contributed by atoms with Crippen LogP contribution in [-0.4, -0.2) is 38.0 Å². The molecule has 3 N–H and O–H groups in total. The van der Waals surface area contributed by atoms with Gasteiger partial charge in [0, 0.05) is 24.6 Å². The van der Waals surface area contributed by atoms with Crippen molar-refractivity contribution in [3.8, 4) is 0 Å². The van der Waals surface area contributed by atoms with Crippen LogP contribution in [0.25, 0.3) is 0 Å². The summed E-state index contributed by atoms with van der Waals surface area (Å²) in [5, 5.41) is 11.3. The van der Waals surface area contributed by atoms with Crippen LogP contribution in [0, 0.1) is 12.7 Å². The molecule has 21 heavy (non-hydrogen) atoms. The second-order valence-corrected chi connectivity index (χ2v) is 6.40. The minimum atomic E-state index is -4.12. The summed E-state index contributed by atoms with van der Waals surface area (Å²) in [6.45, 7) is 1.38. The van der Waals surface area contributed by atoms with E-state index in [0.717, 1.165) is 12.1 Å². The molecule has 0 aliphatic carbocycles. The van der Waals surface area contributed by atoms with E-state index in [4.69, 9.17) is 5.11 Å². The molecule has 1 aliphatic rings. The quantitative estimate of drug-likeness (QED) is 0.724. The third kappa shape index (κ3) is 3.19. The van der Waals surface area contributed by atoms with Crippen LogP contribution >= 0.6 is 0 Å². The number of sulfonamides is 1. The van der Waals surface area contributed by atoms with Gasteiger partial charge in [-0.05, 0) is 19.1 Å². The lowest BCUT2D eigenvalue weighted by Gasteiger charge is -2.14. The van der Waals surface area contributed by atoms with Crippen molar-refractivity contribution < 1.29 is 27.5 Å². The maximum absolute atomic E-state index is 13.7. The molecule has 7 nitrogen and oxygen atoms in total. The van der Waals surface area contributed by atoms with Gasteiger partial charge in [-0.2, -0.15) is 0 Å². The summed E-state index contributed by atoms with van der Waals surface area (Å²) in [6, 6.07) is 1.02. The number of rotatable bonds is 4. The largest absolute Gasteiger partial charge is 0.478 e. The molecule has 0 radical (unpaired) electrons. The van der Waals surface area contributed by atoms with Crippen LogP contribution in [0.4, 0.5) is 4.39 Å². The van der Waals surface area contributed by atoms with Crippen molar-refractivity contribution in [3.63, 3.8) is 0 Å². The van der Waals surface area contributed by atoms with Crippen molar-refractivity contribution in [1.82, 2.24) is 10.0 Å². The highest BCUT2D eigenvalue weighted by atomic mass is 32.2. The molecule has 0 spiro atoms. The van der Waals surface area contributed by atoms with Crippen LogP contribution in [-0.2, 0) is 14.8 Å². The van der Waals surface area contributed by atoms with Crippen LogP contribution in [0.1, 0.15) is 22.3 Å². The van der Waals surface area contributed by atoms with Gasteiger partial charge in [0.25, 0.3) is 0 Å². The Hall–Kier alpha value is -2.00. The zero-order valence-electron chi connectivity index (χ0n) is 11.0. The number of carboxylic acid groups (broad SMARTS) is 1. The normalized spacial score (nSPS) is 18.6. The fourth-order valence-corrected chi connectivity index (χ4v) is 3.54. The predicted molar refractivity (Wildman–Crippen MR) is 69.8 cm³/mol. The van der Waals surface area contributed by atoms with E-state index < -0.39 is 38.3 Å². The number of carbonyl (C=O) groups excluding carboxylic acids is 1.